The van der Waals surface area contributed by atoms with E-state index in [1.165, 1.54) is 6.20 Å². The van der Waals surface area contributed by atoms with Gasteiger partial charge in [0, 0.05) is 0 Å². The van der Waals surface area contributed by atoms with E-state index in [4.69, 9.17) is 10.5 Å². The summed E-state index contributed by atoms with van der Waals surface area (Å²) in [6.45, 7) is 0. The molecule has 4 heteroatoms. The van der Waals surface area contributed by atoms with E-state index in [1.807, 2.05) is 0 Å². The Labute approximate surface area is 88.5 Å². The molecule has 1 aliphatic carbocycles. The van der Waals surface area contributed by atoms with Gasteiger partial charge in [-0.15, -0.1) is 0 Å². The normalized spacial score (nSPS) is 26.2. The van der Waals surface area contributed by atoms with Crippen molar-refractivity contribution in [2.24, 2.45) is 0 Å². The van der Waals surface area contributed by atoms with Gasteiger partial charge in [0.2, 0.25) is 0 Å². The first kappa shape index (κ1) is 10.2. The summed E-state index contributed by atoms with van der Waals surface area (Å²) in [6, 6.07) is 3.38. The lowest BCUT2D eigenvalue weighted by atomic mass is 9.96. The quantitative estimate of drug-likeness (QED) is 0.814. The highest BCUT2D eigenvalue weighted by Crippen LogP contribution is 2.25. The number of aromatic nitrogens is 1. The number of nitrogens with two attached hydrogens (primary N) is 1. The number of pyridine rings is 1. The molecular weight excluding hydrogens is 195 g/mol. The van der Waals surface area contributed by atoms with Crippen molar-refractivity contribution < 1.29 is 9.13 Å². The predicted molar refractivity (Wildman–Crippen MR) is 56.4 cm³/mol. The van der Waals surface area contributed by atoms with Gasteiger partial charge in [0.05, 0.1) is 6.20 Å². The number of rotatable bonds is 2. The summed E-state index contributed by atoms with van der Waals surface area (Å²) in [4.78, 5) is 3.90. The molecule has 0 spiro atoms. The molecule has 1 fully saturated rings. The smallest absolute Gasteiger partial charge is 0.138 e. The molecule has 1 aliphatic rings. The van der Waals surface area contributed by atoms with Crippen LogP contribution in [0.4, 0.5) is 10.2 Å². The van der Waals surface area contributed by atoms with Gasteiger partial charge in [-0.3, -0.25) is 0 Å². The molecule has 1 aromatic heterocycles. The third-order valence-electron chi connectivity index (χ3n) is 2.67. The van der Waals surface area contributed by atoms with Crippen LogP contribution < -0.4 is 10.5 Å². The molecule has 0 saturated heterocycles. The zero-order chi connectivity index (χ0) is 10.7. The van der Waals surface area contributed by atoms with E-state index in [0.29, 0.717) is 18.0 Å². The second kappa shape index (κ2) is 4.47. The van der Waals surface area contributed by atoms with Crippen molar-refractivity contribution in [3.05, 3.63) is 18.3 Å². The van der Waals surface area contributed by atoms with Crippen molar-refractivity contribution in [2.45, 2.75) is 38.0 Å². The fraction of sp³-hybridized carbons (Fsp3) is 0.545. The SMILES string of the molecule is Nc1ccc(O[C@H]2CCCC[C@H]2F)cn1. The Bertz CT molecular complexity index is 315. The first-order valence-electron chi connectivity index (χ1n) is 5.28. The summed E-state index contributed by atoms with van der Waals surface area (Å²) in [5.74, 6) is 1.04. The number of hydrogen-bond acceptors (Lipinski definition) is 3. The van der Waals surface area contributed by atoms with Crippen LogP contribution in [0.2, 0.25) is 0 Å². The Morgan fingerprint density at radius 1 is 1.33 bits per heavy atom. The minimum Gasteiger partial charge on any atom is -0.486 e. The van der Waals surface area contributed by atoms with Crippen molar-refractivity contribution in [1.82, 2.24) is 4.98 Å². The molecule has 0 aromatic carbocycles. The zero-order valence-electron chi connectivity index (χ0n) is 8.53. The number of nitrogens with zero attached hydrogens (tertiary/aromatic N) is 1. The lowest BCUT2D eigenvalue weighted by Gasteiger charge is -2.26. The van der Waals surface area contributed by atoms with Crippen molar-refractivity contribution in [3.63, 3.8) is 0 Å². The molecule has 1 aromatic rings. The number of hydrogen-bond donors (Lipinski definition) is 1. The molecule has 1 saturated carbocycles. The zero-order valence-corrected chi connectivity index (χ0v) is 8.53. The fourth-order valence-corrected chi connectivity index (χ4v) is 1.82. The Morgan fingerprint density at radius 2 is 2.13 bits per heavy atom. The van der Waals surface area contributed by atoms with E-state index in [0.717, 1.165) is 19.3 Å². The van der Waals surface area contributed by atoms with Crippen LogP contribution in [0.15, 0.2) is 18.3 Å². The van der Waals surface area contributed by atoms with Crippen LogP contribution >= 0.6 is 0 Å². The molecule has 1 heterocycles. The van der Waals surface area contributed by atoms with E-state index >= 15 is 0 Å². The van der Waals surface area contributed by atoms with E-state index < -0.39 is 6.17 Å². The molecule has 0 radical (unpaired) electrons. The molecule has 0 unspecified atom stereocenters. The first-order valence-corrected chi connectivity index (χ1v) is 5.28. The number of alkyl halides is 1. The largest absolute Gasteiger partial charge is 0.486 e. The molecule has 2 N–H and O–H groups in total. The molecule has 0 bridgehead atoms. The highest BCUT2D eigenvalue weighted by atomic mass is 19.1. The monoisotopic (exact) mass is 210 g/mol. The topological polar surface area (TPSA) is 48.1 Å². The predicted octanol–water partition coefficient (Wildman–Crippen LogP) is 2.32. The summed E-state index contributed by atoms with van der Waals surface area (Å²) in [7, 11) is 0. The number of ether oxygens (including phenoxy) is 1. The Hall–Kier alpha value is -1.32. The Kier molecular flexibility index (Phi) is 3.04. The summed E-state index contributed by atoms with van der Waals surface area (Å²) >= 11 is 0. The van der Waals surface area contributed by atoms with Gasteiger partial charge in [0.25, 0.3) is 0 Å². The van der Waals surface area contributed by atoms with Crippen LogP contribution in [0, 0.1) is 0 Å². The lowest BCUT2D eigenvalue weighted by Crippen LogP contribution is -2.31. The van der Waals surface area contributed by atoms with Gasteiger partial charge >= 0.3 is 0 Å². The van der Waals surface area contributed by atoms with Crippen LogP contribution in [0.25, 0.3) is 0 Å². The minimum atomic E-state index is -0.851. The van der Waals surface area contributed by atoms with Crippen molar-refractivity contribution >= 4 is 5.82 Å². The van der Waals surface area contributed by atoms with Crippen LogP contribution in [-0.2, 0) is 0 Å². The maximum Gasteiger partial charge on any atom is 0.138 e. The van der Waals surface area contributed by atoms with Gasteiger partial charge in [-0.2, -0.15) is 0 Å². The van der Waals surface area contributed by atoms with Gasteiger partial charge in [0.1, 0.15) is 23.8 Å². The van der Waals surface area contributed by atoms with Gasteiger partial charge in [0.15, 0.2) is 0 Å². The van der Waals surface area contributed by atoms with Gasteiger partial charge in [-0.1, -0.05) is 6.42 Å². The van der Waals surface area contributed by atoms with Crippen LogP contribution in [0.5, 0.6) is 5.75 Å². The van der Waals surface area contributed by atoms with Crippen molar-refractivity contribution in [1.29, 1.82) is 0 Å². The Morgan fingerprint density at radius 3 is 2.80 bits per heavy atom. The van der Waals surface area contributed by atoms with Crippen LogP contribution in [0.1, 0.15) is 25.7 Å². The average Bonchev–Trinajstić information content (AvgIpc) is 2.25. The second-order valence-electron chi connectivity index (χ2n) is 3.88. The maximum atomic E-state index is 13.4. The summed E-state index contributed by atoms with van der Waals surface area (Å²) < 4.78 is 19.0. The van der Waals surface area contributed by atoms with E-state index in [9.17, 15) is 4.39 Å². The summed E-state index contributed by atoms with van der Waals surface area (Å²) in [5, 5.41) is 0. The first-order chi connectivity index (χ1) is 7.25. The summed E-state index contributed by atoms with van der Waals surface area (Å²) in [6.07, 6.45) is 3.75. The number of halogens is 1. The Balaban J connectivity index is 1.98. The fourth-order valence-electron chi connectivity index (χ4n) is 1.82. The van der Waals surface area contributed by atoms with Crippen LogP contribution in [-0.4, -0.2) is 17.3 Å². The molecule has 15 heavy (non-hydrogen) atoms. The van der Waals surface area contributed by atoms with Crippen molar-refractivity contribution in [2.75, 3.05) is 5.73 Å². The molecular formula is C11H15FN2O. The molecule has 82 valence electrons. The van der Waals surface area contributed by atoms with Gasteiger partial charge in [-0.05, 0) is 31.4 Å². The molecule has 2 rings (SSSR count). The van der Waals surface area contributed by atoms with Gasteiger partial charge in [-0.25, -0.2) is 9.37 Å². The average molecular weight is 210 g/mol. The second-order valence-corrected chi connectivity index (χ2v) is 3.88. The third-order valence-corrected chi connectivity index (χ3v) is 2.67. The number of nitrogen functional groups attached to an aromatic ring is 1. The molecule has 2 atom stereocenters. The third kappa shape index (κ3) is 2.58. The highest BCUT2D eigenvalue weighted by Gasteiger charge is 2.26. The molecule has 0 amide bonds. The molecule has 3 nitrogen and oxygen atoms in total. The van der Waals surface area contributed by atoms with Gasteiger partial charge < -0.3 is 10.5 Å². The standard InChI is InChI=1S/C11H15FN2O/c12-9-3-1-2-4-10(9)15-8-5-6-11(13)14-7-8/h5-7,9-10H,1-4H2,(H2,13,14)/t9-,10+/m1/s1. The highest BCUT2D eigenvalue weighted by molar-refractivity contribution is 5.32. The van der Waals surface area contributed by atoms with E-state index in [2.05, 4.69) is 4.98 Å². The molecule has 0 aliphatic heterocycles. The number of anilines is 1. The lowest BCUT2D eigenvalue weighted by molar-refractivity contribution is 0.0635. The van der Waals surface area contributed by atoms with Crippen LogP contribution in [0.3, 0.4) is 0 Å². The van der Waals surface area contributed by atoms with E-state index in [-0.39, 0.29) is 6.10 Å². The van der Waals surface area contributed by atoms with Crippen molar-refractivity contribution in [3.8, 4) is 5.75 Å². The minimum absolute atomic E-state index is 0.316. The van der Waals surface area contributed by atoms with E-state index in [1.54, 1.807) is 12.1 Å². The summed E-state index contributed by atoms with van der Waals surface area (Å²) in [5.41, 5.74) is 5.45. The maximum absolute atomic E-state index is 13.4.